The van der Waals surface area contributed by atoms with Gasteiger partial charge in [-0.2, -0.15) is 5.06 Å². The van der Waals surface area contributed by atoms with Crippen LogP contribution in [0.25, 0.3) is 0 Å². The normalized spacial score (nSPS) is 20.2. The molecule has 0 aliphatic carbocycles. The molecule has 0 bridgehead atoms. The molecule has 0 aromatic heterocycles. The van der Waals surface area contributed by atoms with Crippen LogP contribution in [0.3, 0.4) is 0 Å². The van der Waals surface area contributed by atoms with Gasteiger partial charge in [0.2, 0.25) is 0 Å². The SMILES string of the molecule is CC1(NNc2ccc([N+](=O)[O-])cc2)CC(=O)N(c2ccccc2)O1. The van der Waals surface area contributed by atoms with Crippen LogP contribution in [0, 0.1) is 10.1 Å². The number of nitro groups is 1. The van der Waals surface area contributed by atoms with Crippen molar-refractivity contribution in [2.75, 3.05) is 10.5 Å². The first-order valence-corrected chi connectivity index (χ1v) is 7.32. The van der Waals surface area contributed by atoms with Crippen molar-refractivity contribution < 1.29 is 14.6 Å². The number of nitro benzene ring substituents is 1. The average Bonchev–Trinajstić information content (AvgIpc) is 2.89. The summed E-state index contributed by atoms with van der Waals surface area (Å²) in [6.45, 7) is 1.74. The summed E-state index contributed by atoms with van der Waals surface area (Å²) in [6.07, 6.45) is 0.141. The Labute approximate surface area is 138 Å². The summed E-state index contributed by atoms with van der Waals surface area (Å²) in [5, 5.41) is 11.9. The number of nitrogens with one attached hydrogen (secondary N) is 2. The number of non-ortho nitro benzene ring substituents is 1. The molecule has 0 spiro atoms. The minimum absolute atomic E-state index is 0.00862. The van der Waals surface area contributed by atoms with E-state index in [-0.39, 0.29) is 18.0 Å². The Kier molecular flexibility index (Phi) is 4.15. The van der Waals surface area contributed by atoms with Gasteiger partial charge in [0.25, 0.3) is 11.6 Å². The third-order valence-corrected chi connectivity index (χ3v) is 3.55. The van der Waals surface area contributed by atoms with Crippen LogP contribution in [0.1, 0.15) is 13.3 Å². The molecule has 2 aromatic rings. The number of benzene rings is 2. The molecular weight excluding hydrogens is 312 g/mol. The Morgan fingerprint density at radius 1 is 1.17 bits per heavy atom. The standard InChI is InChI=1S/C16H16N4O4/c1-16(18-17-12-7-9-14(10-8-12)20(22)23)11-15(21)19(24-16)13-5-3-2-4-6-13/h2-10,17-18H,11H2,1H3. The van der Waals surface area contributed by atoms with Gasteiger partial charge in [0.05, 0.1) is 17.0 Å². The van der Waals surface area contributed by atoms with Gasteiger partial charge in [-0.3, -0.25) is 14.9 Å². The summed E-state index contributed by atoms with van der Waals surface area (Å²) in [5.74, 6) is -0.165. The second-order valence-corrected chi connectivity index (χ2v) is 5.58. The Bertz CT molecular complexity index is 750. The van der Waals surface area contributed by atoms with Crippen LogP contribution >= 0.6 is 0 Å². The summed E-state index contributed by atoms with van der Waals surface area (Å²) in [7, 11) is 0. The van der Waals surface area contributed by atoms with Gasteiger partial charge in [-0.25, -0.2) is 10.3 Å². The lowest BCUT2D eigenvalue weighted by molar-refractivity contribution is -0.384. The van der Waals surface area contributed by atoms with Gasteiger partial charge in [-0.05, 0) is 31.2 Å². The van der Waals surface area contributed by atoms with Crippen LogP contribution in [-0.4, -0.2) is 16.6 Å². The topological polar surface area (TPSA) is 96.7 Å². The highest BCUT2D eigenvalue weighted by Gasteiger charge is 2.42. The number of hydrogen-bond donors (Lipinski definition) is 2. The van der Waals surface area contributed by atoms with Crippen LogP contribution < -0.4 is 15.9 Å². The summed E-state index contributed by atoms with van der Waals surface area (Å²) in [4.78, 5) is 28.1. The van der Waals surface area contributed by atoms with Crippen molar-refractivity contribution in [2.45, 2.75) is 19.1 Å². The number of amides is 1. The number of nitrogens with zero attached hydrogens (tertiary/aromatic N) is 2. The number of hydroxylamine groups is 1. The number of carbonyl (C=O) groups is 1. The van der Waals surface area contributed by atoms with E-state index < -0.39 is 10.6 Å². The van der Waals surface area contributed by atoms with Gasteiger partial charge in [0, 0.05) is 17.8 Å². The van der Waals surface area contributed by atoms with Crippen LogP contribution in [0.2, 0.25) is 0 Å². The van der Waals surface area contributed by atoms with Crippen LogP contribution in [0.4, 0.5) is 17.1 Å². The highest BCUT2D eigenvalue weighted by Crippen LogP contribution is 2.29. The zero-order chi connectivity index (χ0) is 17.2. The highest BCUT2D eigenvalue weighted by atomic mass is 16.7. The average molecular weight is 328 g/mol. The Morgan fingerprint density at radius 3 is 2.46 bits per heavy atom. The van der Waals surface area contributed by atoms with E-state index in [1.54, 1.807) is 31.2 Å². The molecule has 1 aliphatic heterocycles. The minimum atomic E-state index is -0.936. The first kappa shape index (κ1) is 15.9. The van der Waals surface area contributed by atoms with Crippen LogP contribution in [0.15, 0.2) is 54.6 Å². The zero-order valence-corrected chi connectivity index (χ0v) is 12.9. The van der Waals surface area contributed by atoms with E-state index in [1.165, 1.54) is 17.2 Å². The van der Waals surface area contributed by atoms with Crippen molar-refractivity contribution >= 4 is 23.0 Å². The van der Waals surface area contributed by atoms with E-state index in [2.05, 4.69) is 10.9 Å². The lowest BCUT2D eigenvalue weighted by Gasteiger charge is -2.25. The predicted molar refractivity (Wildman–Crippen MR) is 87.9 cm³/mol. The van der Waals surface area contributed by atoms with Gasteiger partial charge in [0.15, 0.2) is 5.72 Å². The number of rotatable bonds is 5. The van der Waals surface area contributed by atoms with Gasteiger partial charge in [-0.1, -0.05) is 18.2 Å². The molecule has 8 heteroatoms. The van der Waals surface area contributed by atoms with Gasteiger partial charge in [-0.15, -0.1) is 0 Å². The number of hydrazine groups is 1. The molecule has 2 aromatic carbocycles. The number of anilines is 2. The fourth-order valence-corrected chi connectivity index (χ4v) is 2.34. The highest BCUT2D eigenvalue weighted by molar-refractivity contribution is 5.93. The smallest absolute Gasteiger partial charge is 0.269 e. The van der Waals surface area contributed by atoms with Crippen molar-refractivity contribution in [1.82, 2.24) is 5.43 Å². The number of para-hydroxylation sites is 1. The van der Waals surface area contributed by atoms with Gasteiger partial charge in [0.1, 0.15) is 0 Å². The Hall–Kier alpha value is -2.97. The first-order valence-electron chi connectivity index (χ1n) is 7.32. The lowest BCUT2D eigenvalue weighted by Crippen LogP contribution is -2.46. The molecule has 1 saturated heterocycles. The molecule has 0 saturated carbocycles. The van der Waals surface area contributed by atoms with Crippen molar-refractivity contribution in [3.05, 3.63) is 64.7 Å². The molecule has 1 amide bonds. The van der Waals surface area contributed by atoms with Crippen molar-refractivity contribution in [2.24, 2.45) is 0 Å². The predicted octanol–water partition coefficient (Wildman–Crippen LogP) is 2.60. The van der Waals surface area contributed by atoms with Gasteiger partial charge >= 0.3 is 0 Å². The number of carbonyl (C=O) groups excluding carboxylic acids is 1. The molecule has 1 heterocycles. The molecule has 3 rings (SSSR count). The molecule has 1 atom stereocenters. The minimum Gasteiger partial charge on any atom is -0.319 e. The fourth-order valence-electron chi connectivity index (χ4n) is 2.34. The Morgan fingerprint density at radius 2 is 1.83 bits per heavy atom. The van der Waals surface area contributed by atoms with E-state index in [9.17, 15) is 14.9 Å². The van der Waals surface area contributed by atoms with Crippen molar-refractivity contribution in [1.29, 1.82) is 0 Å². The molecular formula is C16H16N4O4. The number of hydrogen-bond acceptors (Lipinski definition) is 6. The van der Waals surface area contributed by atoms with E-state index in [0.717, 1.165) is 0 Å². The molecule has 0 radical (unpaired) electrons. The maximum absolute atomic E-state index is 12.2. The van der Waals surface area contributed by atoms with Crippen molar-refractivity contribution in [3.8, 4) is 0 Å². The summed E-state index contributed by atoms with van der Waals surface area (Å²) in [5.41, 5.74) is 6.21. The third-order valence-electron chi connectivity index (χ3n) is 3.55. The summed E-state index contributed by atoms with van der Waals surface area (Å²) >= 11 is 0. The first-order chi connectivity index (χ1) is 11.5. The molecule has 1 aliphatic rings. The molecule has 8 nitrogen and oxygen atoms in total. The largest absolute Gasteiger partial charge is 0.319 e. The summed E-state index contributed by atoms with van der Waals surface area (Å²) in [6, 6.07) is 15.0. The van der Waals surface area contributed by atoms with Crippen LogP contribution in [0.5, 0.6) is 0 Å². The van der Waals surface area contributed by atoms with E-state index >= 15 is 0 Å². The molecule has 1 fully saturated rings. The van der Waals surface area contributed by atoms with E-state index in [4.69, 9.17) is 4.84 Å². The lowest BCUT2D eigenvalue weighted by atomic mass is 10.2. The second kappa shape index (κ2) is 6.26. The fraction of sp³-hybridized carbons (Fsp3) is 0.188. The van der Waals surface area contributed by atoms with Crippen LogP contribution in [-0.2, 0) is 9.63 Å². The van der Waals surface area contributed by atoms with E-state index in [1.807, 2.05) is 18.2 Å². The molecule has 2 N–H and O–H groups in total. The maximum atomic E-state index is 12.2. The monoisotopic (exact) mass is 328 g/mol. The maximum Gasteiger partial charge on any atom is 0.269 e. The molecule has 124 valence electrons. The quantitative estimate of drug-likeness (QED) is 0.647. The van der Waals surface area contributed by atoms with Gasteiger partial charge < -0.3 is 5.43 Å². The third kappa shape index (κ3) is 3.34. The van der Waals surface area contributed by atoms with E-state index in [0.29, 0.717) is 11.4 Å². The molecule has 1 unspecified atom stereocenters. The zero-order valence-electron chi connectivity index (χ0n) is 12.9. The Balaban J connectivity index is 1.65. The second-order valence-electron chi connectivity index (χ2n) is 5.58. The summed E-state index contributed by atoms with van der Waals surface area (Å²) < 4.78 is 0. The van der Waals surface area contributed by atoms with Crippen molar-refractivity contribution in [3.63, 3.8) is 0 Å². The molecule has 24 heavy (non-hydrogen) atoms.